The minimum atomic E-state index is -0.426. The van der Waals surface area contributed by atoms with E-state index in [4.69, 9.17) is 5.73 Å². The Bertz CT molecular complexity index is 337. The Morgan fingerprint density at radius 3 is 2.50 bits per heavy atom. The minimum Gasteiger partial charge on any atom is -0.388 e. The summed E-state index contributed by atoms with van der Waals surface area (Å²) in [5, 5.41) is 10.7. The molecule has 0 spiro atoms. The van der Waals surface area contributed by atoms with Crippen LogP contribution in [0.25, 0.3) is 0 Å². The third-order valence-corrected chi connectivity index (χ3v) is 6.85. The van der Waals surface area contributed by atoms with Crippen LogP contribution in [0.4, 0.5) is 0 Å². The highest BCUT2D eigenvalue weighted by Gasteiger charge is 2.84. The van der Waals surface area contributed by atoms with Crippen LogP contribution in [0.5, 0.6) is 0 Å². The van der Waals surface area contributed by atoms with Crippen molar-refractivity contribution in [3.05, 3.63) is 0 Å². The molecule has 5 fully saturated rings. The molecule has 3 N–H and O–H groups in total. The Hall–Kier alpha value is -0.0800. The maximum Gasteiger partial charge on any atom is 0.0836 e. The topological polar surface area (TPSA) is 46.2 Å². The molecule has 5 rings (SSSR count). The van der Waals surface area contributed by atoms with Gasteiger partial charge in [0.25, 0.3) is 0 Å². The summed E-state index contributed by atoms with van der Waals surface area (Å²) in [6, 6.07) is 0. The van der Waals surface area contributed by atoms with Crippen LogP contribution in [0.3, 0.4) is 0 Å². The van der Waals surface area contributed by atoms with Crippen LogP contribution in [-0.4, -0.2) is 17.3 Å². The lowest BCUT2D eigenvalue weighted by atomic mass is 9.56. The summed E-state index contributed by atoms with van der Waals surface area (Å²) in [4.78, 5) is 0. The molecule has 14 heavy (non-hydrogen) atoms. The molecule has 0 radical (unpaired) electrons. The van der Waals surface area contributed by atoms with Gasteiger partial charge in [-0.2, -0.15) is 0 Å². The second-order valence-corrected chi connectivity index (χ2v) is 6.53. The van der Waals surface area contributed by atoms with Gasteiger partial charge in [-0.3, -0.25) is 0 Å². The van der Waals surface area contributed by atoms with E-state index >= 15 is 0 Å². The van der Waals surface area contributed by atoms with Gasteiger partial charge in [0.15, 0.2) is 0 Å². The quantitative estimate of drug-likeness (QED) is 0.632. The maximum atomic E-state index is 10.7. The van der Waals surface area contributed by atoms with Gasteiger partial charge in [-0.15, -0.1) is 0 Å². The lowest BCUT2D eigenvalue weighted by Crippen LogP contribution is -2.57. The number of fused-ring (bicyclic) bond motifs is 2. The van der Waals surface area contributed by atoms with Crippen LogP contribution < -0.4 is 5.73 Å². The van der Waals surface area contributed by atoms with Crippen molar-refractivity contribution in [3.8, 4) is 0 Å². The van der Waals surface area contributed by atoms with Crippen LogP contribution in [0.15, 0.2) is 0 Å². The fraction of sp³-hybridized carbons (Fsp3) is 1.00. The molecule has 9 atom stereocenters. The monoisotopic (exact) mass is 191 g/mol. The van der Waals surface area contributed by atoms with E-state index in [0.29, 0.717) is 18.4 Å². The second-order valence-electron chi connectivity index (χ2n) is 6.53. The smallest absolute Gasteiger partial charge is 0.0836 e. The summed E-state index contributed by atoms with van der Waals surface area (Å²) in [5.41, 5.74) is 5.43. The molecule has 76 valence electrons. The van der Waals surface area contributed by atoms with Crippen LogP contribution >= 0.6 is 0 Å². The molecule has 0 saturated heterocycles. The van der Waals surface area contributed by atoms with Crippen molar-refractivity contribution in [3.63, 3.8) is 0 Å². The molecule has 0 aromatic carbocycles. The molecular formula is C12H17NO. The third-order valence-electron chi connectivity index (χ3n) is 6.85. The van der Waals surface area contributed by atoms with Crippen molar-refractivity contribution >= 4 is 0 Å². The summed E-state index contributed by atoms with van der Waals surface area (Å²) >= 11 is 0. The molecule has 0 amide bonds. The summed E-state index contributed by atoms with van der Waals surface area (Å²) in [7, 11) is 0. The van der Waals surface area contributed by atoms with Gasteiger partial charge >= 0.3 is 0 Å². The zero-order chi connectivity index (χ0) is 9.24. The van der Waals surface area contributed by atoms with Gasteiger partial charge in [0, 0.05) is 6.54 Å². The molecule has 2 heteroatoms. The molecule has 5 aliphatic rings. The molecule has 2 bridgehead atoms. The first kappa shape index (κ1) is 7.24. The van der Waals surface area contributed by atoms with Crippen molar-refractivity contribution in [1.82, 2.24) is 0 Å². The van der Waals surface area contributed by atoms with E-state index in [2.05, 4.69) is 0 Å². The Morgan fingerprint density at radius 1 is 1.00 bits per heavy atom. The average molecular weight is 191 g/mol. The van der Waals surface area contributed by atoms with Gasteiger partial charge in [-0.05, 0) is 60.2 Å². The first-order valence-corrected chi connectivity index (χ1v) is 6.20. The van der Waals surface area contributed by atoms with E-state index in [1.165, 1.54) is 12.8 Å². The molecule has 0 aliphatic heterocycles. The van der Waals surface area contributed by atoms with Crippen molar-refractivity contribution in [2.45, 2.75) is 18.4 Å². The predicted molar refractivity (Wildman–Crippen MR) is 51.2 cm³/mol. The zero-order valence-electron chi connectivity index (χ0n) is 8.26. The summed E-state index contributed by atoms with van der Waals surface area (Å²) in [6.45, 7) is 0.530. The highest BCUT2D eigenvalue weighted by molar-refractivity contribution is 5.32. The summed E-state index contributed by atoms with van der Waals surface area (Å²) in [6.07, 6.45) is 2.89. The molecular weight excluding hydrogens is 174 g/mol. The van der Waals surface area contributed by atoms with Crippen LogP contribution in [0, 0.1) is 47.3 Å². The number of hydrogen-bond acceptors (Lipinski definition) is 2. The first-order chi connectivity index (χ1) is 6.77. The van der Waals surface area contributed by atoms with E-state index in [1.807, 2.05) is 0 Å². The van der Waals surface area contributed by atoms with Crippen LogP contribution in [0.1, 0.15) is 12.8 Å². The maximum absolute atomic E-state index is 10.7. The highest BCUT2D eigenvalue weighted by atomic mass is 16.3. The van der Waals surface area contributed by atoms with Gasteiger partial charge in [0.05, 0.1) is 5.60 Å². The largest absolute Gasteiger partial charge is 0.388 e. The lowest BCUT2D eigenvalue weighted by Gasteiger charge is -2.51. The Morgan fingerprint density at radius 2 is 1.71 bits per heavy atom. The van der Waals surface area contributed by atoms with Crippen LogP contribution in [0.2, 0.25) is 0 Å². The molecule has 0 unspecified atom stereocenters. The summed E-state index contributed by atoms with van der Waals surface area (Å²) < 4.78 is 0. The molecule has 2 nitrogen and oxygen atoms in total. The van der Waals surface area contributed by atoms with E-state index in [0.717, 1.165) is 35.5 Å². The van der Waals surface area contributed by atoms with Gasteiger partial charge in [-0.1, -0.05) is 0 Å². The number of nitrogens with two attached hydrogens (primary N) is 1. The lowest BCUT2D eigenvalue weighted by molar-refractivity contribution is -0.123. The normalized spacial score (nSPS) is 80.1. The Balaban J connectivity index is 1.79. The van der Waals surface area contributed by atoms with Crippen molar-refractivity contribution in [1.29, 1.82) is 0 Å². The van der Waals surface area contributed by atoms with E-state index in [1.54, 1.807) is 0 Å². The van der Waals surface area contributed by atoms with Gasteiger partial charge in [0.1, 0.15) is 0 Å². The van der Waals surface area contributed by atoms with Gasteiger partial charge < -0.3 is 10.8 Å². The van der Waals surface area contributed by atoms with E-state index in [9.17, 15) is 5.11 Å². The van der Waals surface area contributed by atoms with Crippen molar-refractivity contribution < 1.29 is 5.11 Å². The van der Waals surface area contributed by atoms with Crippen LogP contribution in [-0.2, 0) is 0 Å². The van der Waals surface area contributed by atoms with E-state index < -0.39 is 5.60 Å². The highest BCUT2D eigenvalue weighted by Crippen LogP contribution is 2.85. The standard InChI is InChI=1S/C12H17NO/c13-3-12(14)10-5-2-6-8-4(5)1-7(10)9(8)11(6)12/h4-11,14H,1-3,13H2/t4-,5-,6+,7+,8+,9-,10+,11-,12+/m0/s1. The van der Waals surface area contributed by atoms with Gasteiger partial charge in [0.2, 0.25) is 0 Å². The molecule has 0 aromatic heterocycles. The van der Waals surface area contributed by atoms with E-state index in [-0.39, 0.29) is 0 Å². The number of hydrogen-bond donors (Lipinski definition) is 2. The van der Waals surface area contributed by atoms with Crippen molar-refractivity contribution in [2.24, 2.45) is 53.1 Å². The van der Waals surface area contributed by atoms with Crippen molar-refractivity contribution in [2.75, 3.05) is 6.54 Å². The Labute approximate surface area is 83.9 Å². The predicted octanol–water partition coefficient (Wildman–Crippen LogP) is 0.454. The summed E-state index contributed by atoms with van der Waals surface area (Å²) in [5.74, 6) is 6.82. The molecule has 5 saturated carbocycles. The Kier molecular flexibility index (Phi) is 0.875. The SMILES string of the molecule is NC[C@@]1(O)[C@H]2[C@@H]3C[C@H]4[C@@H]2C[C@@H]2[C@@H]4[C@H]3[C@H]21. The zero-order valence-corrected chi connectivity index (χ0v) is 8.26. The molecule has 0 heterocycles. The first-order valence-electron chi connectivity index (χ1n) is 6.20. The second kappa shape index (κ2) is 1.69. The minimum absolute atomic E-state index is 0.426. The fourth-order valence-corrected chi connectivity index (χ4v) is 7.00. The third kappa shape index (κ3) is 0.409. The molecule has 0 aromatic rings. The number of aliphatic hydroxyl groups is 1. The number of rotatable bonds is 1. The fourth-order valence-electron chi connectivity index (χ4n) is 7.00. The molecule has 5 aliphatic carbocycles. The average Bonchev–Trinajstić information content (AvgIpc) is 2.63. The van der Waals surface area contributed by atoms with Gasteiger partial charge in [-0.25, -0.2) is 0 Å².